The predicted octanol–water partition coefficient (Wildman–Crippen LogP) is 3.37. The summed E-state index contributed by atoms with van der Waals surface area (Å²) in [5, 5.41) is 13.1. The Labute approximate surface area is 117 Å². The van der Waals surface area contributed by atoms with Crippen LogP contribution in [-0.2, 0) is 6.42 Å². The highest BCUT2D eigenvalue weighted by Crippen LogP contribution is 2.34. The van der Waals surface area contributed by atoms with E-state index in [2.05, 4.69) is 51.2 Å². The fourth-order valence-electron chi connectivity index (χ4n) is 3.03. The first-order valence-corrected chi connectivity index (χ1v) is 7.38. The molecule has 0 radical (unpaired) electrons. The van der Waals surface area contributed by atoms with Gasteiger partial charge in [-0.2, -0.15) is 0 Å². The third kappa shape index (κ3) is 3.37. The molecule has 106 valence electrons. The molecule has 2 atom stereocenters. The van der Waals surface area contributed by atoms with E-state index in [0.717, 1.165) is 6.42 Å². The first kappa shape index (κ1) is 14.5. The molecule has 2 N–H and O–H groups in total. The number of aliphatic hydroxyl groups excluding tert-OH is 1. The van der Waals surface area contributed by atoms with Gasteiger partial charge in [0.25, 0.3) is 0 Å². The predicted molar refractivity (Wildman–Crippen MR) is 80.3 cm³/mol. The Balaban J connectivity index is 2.15. The zero-order chi connectivity index (χ0) is 14.0. The molecule has 0 amide bonds. The monoisotopic (exact) mass is 261 g/mol. The third-order valence-corrected chi connectivity index (χ3v) is 4.24. The lowest BCUT2D eigenvalue weighted by atomic mass is 9.84. The Morgan fingerprint density at radius 1 is 1.37 bits per heavy atom. The maximum absolute atomic E-state index is 9.27. The summed E-state index contributed by atoms with van der Waals surface area (Å²) in [6, 6.07) is 7.60. The van der Waals surface area contributed by atoms with Gasteiger partial charge in [0.15, 0.2) is 0 Å². The van der Waals surface area contributed by atoms with Crippen molar-refractivity contribution in [2.24, 2.45) is 5.41 Å². The van der Waals surface area contributed by atoms with Gasteiger partial charge in [-0.1, -0.05) is 44.5 Å². The molecule has 1 aromatic carbocycles. The summed E-state index contributed by atoms with van der Waals surface area (Å²) in [7, 11) is 0. The maximum Gasteiger partial charge on any atom is 0.0446 e. The van der Waals surface area contributed by atoms with Crippen LogP contribution in [0.2, 0.25) is 0 Å². The zero-order valence-corrected chi connectivity index (χ0v) is 12.7. The van der Waals surface area contributed by atoms with Gasteiger partial charge < -0.3 is 10.4 Å². The highest BCUT2D eigenvalue weighted by atomic mass is 16.3. The van der Waals surface area contributed by atoms with Crippen molar-refractivity contribution in [3.05, 3.63) is 34.9 Å². The molecule has 2 unspecified atom stereocenters. The van der Waals surface area contributed by atoms with Crippen LogP contribution in [0.3, 0.4) is 0 Å². The Morgan fingerprint density at radius 2 is 2.11 bits per heavy atom. The van der Waals surface area contributed by atoms with Crippen molar-refractivity contribution in [2.45, 2.75) is 59.0 Å². The van der Waals surface area contributed by atoms with Crippen molar-refractivity contribution in [3.8, 4) is 0 Å². The number of rotatable bonds is 4. The number of hydrogen-bond acceptors (Lipinski definition) is 2. The Hall–Kier alpha value is -0.860. The van der Waals surface area contributed by atoms with E-state index in [9.17, 15) is 5.11 Å². The Morgan fingerprint density at radius 3 is 2.74 bits per heavy atom. The van der Waals surface area contributed by atoms with Gasteiger partial charge >= 0.3 is 0 Å². The first-order valence-electron chi connectivity index (χ1n) is 7.38. The van der Waals surface area contributed by atoms with Gasteiger partial charge in [-0.05, 0) is 42.7 Å². The van der Waals surface area contributed by atoms with Crippen LogP contribution in [-0.4, -0.2) is 17.8 Å². The average molecular weight is 261 g/mol. The molecule has 1 aliphatic carbocycles. The van der Waals surface area contributed by atoms with E-state index < -0.39 is 0 Å². The van der Waals surface area contributed by atoms with Crippen LogP contribution < -0.4 is 5.32 Å². The lowest BCUT2D eigenvalue weighted by Crippen LogP contribution is -2.42. The van der Waals surface area contributed by atoms with Crippen molar-refractivity contribution >= 4 is 0 Å². The molecule has 0 aliphatic heterocycles. The van der Waals surface area contributed by atoms with Crippen molar-refractivity contribution in [3.63, 3.8) is 0 Å². The standard InChI is InChI=1S/C17H27NO/c1-12-5-6-13-7-8-15(14(13)11-12)18-16(9-10-19)17(2,3)4/h5-6,11,15-16,18-19H,7-10H2,1-4H3. The molecule has 0 heterocycles. The smallest absolute Gasteiger partial charge is 0.0446 e. The fraction of sp³-hybridized carbons (Fsp3) is 0.647. The lowest BCUT2D eigenvalue weighted by molar-refractivity contribution is 0.185. The summed E-state index contributed by atoms with van der Waals surface area (Å²) < 4.78 is 0. The second-order valence-corrected chi connectivity index (χ2v) is 6.89. The van der Waals surface area contributed by atoms with Crippen LogP contribution in [0.1, 0.15) is 56.3 Å². The van der Waals surface area contributed by atoms with E-state index >= 15 is 0 Å². The topological polar surface area (TPSA) is 32.3 Å². The van der Waals surface area contributed by atoms with E-state index in [1.807, 2.05) is 0 Å². The average Bonchev–Trinajstić information content (AvgIpc) is 2.70. The number of hydrogen-bond donors (Lipinski definition) is 2. The minimum Gasteiger partial charge on any atom is -0.396 e. The fourth-order valence-corrected chi connectivity index (χ4v) is 3.03. The second kappa shape index (κ2) is 5.64. The molecule has 1 aliphatic rings. The molecule has 0 saturated carbocycles. The van der Waals surface area contributed by atoms with E-state index in [1.54, 1.807) is 0 Å². The zero-order valence-electron chi connectivity index (χ0n) is 12.7. The highest BCUT2D eigenvalue weighted by Gasteiger charge is 2.30. The Bertz CT molecular complexity index is 433. The van der Waals surface area contributed by atoms with Crippen molar-refractivity contribution in [1.82, 2.24) is 5.32 Å². The highest BCUT2D eigenvalue weighted by molar-refractivity contribution is 5.37. The summed E-state index contributed by atoms with van der Waals surface area (Å²) in [6.45, 7) is 9.14. The van der Waals surface area contributed by atoms with Gasteiger partial charge in [0.2, 0.25) is 0 Å². The van der Waals surface area contributed by atoms with Gasteiger partial charge in [0.1, 0.15) is 0 Å². The van der Waals surface area contributed by atoms with Gasteiger partial charge in [0, 0.05) is 18.7 Å². The van der Waals surface area contributed by atoms with Gasteiger partial charge in [-0.15, -0.1) is 0 Å². The molecular formula is C17H27NO. The van der Waals surface area contributed by atoms with E-state index in [1.165, 1.54) is 29.5 Å². The largest absolute Gasteiger partial charge is 0.396 e. The lowest BCUT2D eigenvalue weighted by Gasteiger charge is -2.34. The van der Waals surface area contributed by atoms with Gasteiger partial charge in [-0.3, -0.25) is 0 Å². The second-order valence-electron chi connectivity index (χ2n) is 6.89. The first-order chi connectivity index (χ1) is 8.91. The van der Waals surface area contributed by atoms with Crippen LogP contribution in [0.4, 0.5) is 0 Å². The number of nitrogens with one attached hydrogen (secondary N) is 1. The van der Waals surface area contributed by atoms with E-state index in [0.29, 0.717) is 12.1 Å². The van der Waals surface area contributed by atoms with Crippen LogP contribution >= 0.6 is 0 Å². The number of aryl methyl sites for hydroxylation is 2. The molecular weight excluding hydrogens is 234 g/mol. The minimum atomic E-state index is 0.176. The number of fused-ring (bicyclic) bond motifs is 1. The molecule has 2 nitrogen and oxygen atoms in total. The molecule has 2 heteroatoms. The van der Waals surface area contributed by atoms with Gasteiger partial charge in [0.05, 0.1) is 0 Å². The summed E-state index contributed by atoms with van der Waals surface area (Å²) in [4.78, 5) is 0. The molecule has 19 heavy (non-hydrogen) atoms. The Kier molecular flexibility index (Phi) is 4.32. The van der Waals surface area contributed by atoms with Crippen molar-refractivity contribution in [1.29, 1.82) is 0 Å². The van der Waals surface area contributed by atoms with Crippen LogP contribution in [0, 0.1) is 12.3 Å². The van der Waals surface area contributed by atoms with E-state index in [-0.39, 0.29) is 12.0 Å². The van der Waals surface area contributed by atoms with Crippen LogP contribution in [0.5, 0.6) is 0 Å². The van der Waals surface area contributed by atoms with Gasteiger partial charge in [-0.25, -0.2) is 0 Å². The summed E-state index contributed by atoms with van der Waals surface area (Å²) >= 11 is 0. The summed E-state index contributed by atoms with van der Waals surface area (Å²) in [5.41, 5.74) is 4.46. The quantitative estimate of drug-likeness (QED) is 0.871. The number of benzene rings is 1. The summed E-state index contributed by atoms with van der Waals surface area (Å²) in [6.07, 6.45) is 3.17. The third-order valence-electron chi connectivity index (χ3n) is 4.24. The molecule has 1 aromatic rings. The molecule has 2 rings (SSSR count). The SMILES string of the molecule is Cc1ccc2c(c1)C(NC(CCO)C(C)(C)C)CC2. The molecule has 0 saturated heterocycles. The van der Waals surface area contributed by atoms with E-state index in [4.69, 9.17) is 0 Å². The van der Waals surface area contributed by atoms with Crippen molar-refractivity contribution < 1.29 is 5.11 Å². The van der Waals surface area contributed by atoms with Crippen LogP contribution in [0.15, 0.2) is 18.2 Å². The molecule has 0 fully saturated rings. The van der Waals surface area contributed by atoms with Crippen molar-refractivity contribution in [2.75, 3.05) is 6.61 Å². The van der Waals surface area contributed by atoms with Crippen LogP contribution in [0.25, 0.3) is 0 Å². The number of aliphatic hydroxyl groups is 1. The minimum absolute atomic E-state index is 0.176. The molecule has 0 bridgehead atoms. The summed E-state index contributed by atoms with van der Waals surface area (Å²) in [5.74, 6) is 0. The molecule has 0 aromatic heterocycles. The normalized spacial score (nSPS) is 20.4. The molecule has 0 spiro atoms. The maximum atomic E-state index is 9.27.